The fourth-order valence-electron chi connectivity index (χ4n) is 3.34. The van der Waals surface area contributed by atoms with E-state index >= 15 is 0 Å². The van der Waals surface area contributed by atoms with E-state index in [1.165, 1.54) is 28.9 Å². The maximum absolute atomic E-state index is 12.8. The van der Waals surface area contributed by atoms with E-state index < -0.39 is 24.2 Å². The van der Waals surface area contributed by atoms with Gasteiger partial charge in [0, 0.05) is 22.5 Å². The third-order valence-corrected chi connectivity index (χ3v) is 5.70. The summed E-state index contributed by atoms with van der Waals surface area (Å²) < 4.78 is 31.2. The number of benzene rings is 2. The lowest BCUT2D eigenvalue weighted by Gasteiger charge is -2.11. The number of hydrogen-bond acceptors (Lipinski definition) is 6. The van der Waals surface area contributed by atoms with Crippen LogP contribution in [0.3, 0.4) is 0 Å². The van der Waals surface area contributed by atoms with Crippen molar-refractivity contribution in [3.8, 4) is 0 Å². The molecule has 0 fully saturated rings. The lowest BCUT2D eigenvalue weighted by Crippen LogP contribution is -2.28. The Bertz CT molecular complexity index is 1200. The number of halogens is 2. The molecule has 0 aliphatic heterocycles. The number of esters is 1. The van der Waals surface area contributed by atoms with Crippen LogP contribution in [0.5, 0.6) is 0 Å². The molecule has 7 nitrogen and oxygen atoms in total. The minimum absolute atomic E-state index is 0.0353. The molecule has 0 aliphatic rings. The molecule has 2 aromatic carbocycles. The first-order chi connectivity index (χ1) is 16.4. The quantitative estimate of drug-likeness (QED) is 0.229. The van der Waals surface area contributed by atoms with E-state index in [4.69, 9.17) is 4.74 Å². The van der Waals surface area contributed by atoms with E-state index in [9.17, 15) is 23.2 Å². The van der Waals surface area contributed by atoms with Gasteiger partial charge in [-0.3, -0.25) is 9.59 Å². The lowest BCUT2D eigenvalue weighted by molar-refractivity contribution is -0.119. The molecular formula is C24H25F2N3O4S. The summed E-state index contributed by atoms with van der Waals surface area (Å²) in [7, 11) is 0. The maximum Gasteiger partial charge on any atom is 0.359 e. The molecular weight excluding hydrogens is 464 g/mol. The highest BCUT2D eigenvalue weighted by Crippen LogP contribution is 2.26. The van der Waals surface area contributed by atoms with Gasteiger partial charge in [-0.25, -0.2) is 9.48 Å². The predicted octanol–water partition coefficient (Wildman–Crippen LogP) is 5.09. The average Bonchev–Trinajstić information content (AvgIpc) is 2.82. The molecule has 0 atom stereocenters. The van der Waals surface area contributed by atoms with Gasteiger partial charge in [0.05, 0.1) is 5.39 Å². The second-order valence-corrected chi connectivity index (χ2v) is 8.57. The molecule has 180 valence electrons. The number of hydrogen-bond donors (Lipinski definition) is 1. The molecule has 10 heteroatoms. The predicted molar refractivity (Wildman–Crippen MR) is 127 cm³/mol. The molecule has 0 unspecified atom stereocenters. The van der Waals surface area contributed by atoms with Gasteiger partial charge in [-0.05, 0) is 36.8 Å². The third kappa shape index (κ3) is 6.86. The van der Waals surface area contributed by atoms with Crippen LogP contribution in [0.4, 0.5) is 14.5 Å². The van der Waals surface area contributed by atoms with Gasteiger partial charge in [0.1, 0.15) is 0 Å². The highest BCUT2D eigenvalue weighted by molar-refractivity contribution is 7.99. The highest BCUT2D eigenvalue weighted by Gasteiger charge is 2.19. The number of alkyl halides is 2. The highest BCUT2D eigenvalue weighted by atomic mass is 32.2. The molecule has 1 aromatic heterocycles. The first-order valence-corrected chi connectivity index (χ1v) is 11.8. The normalized spacial score (nSPS) is 11.1. The lowest BCUT2D eigenvalue weighted by atomic mass is 10.1. The summed E-state index contributed by atoms with van der Waals surface area (Å²) >= 11 is 0.401. The molecule has 3 aromatic rings. The van der Waals surface area contributed by atoms with Crippen LogP contribution in [0.25, 0.3) is 10.8 Å². The largest absolute Gasteiger partial charge is 0.451 e. The van der Waals surface area contributed by atoms with Crippen molar-refractivity contribution in [2.24, 2.45) is 0 Å². The van der Waals surface area contributed by atoms with Crippen molar-refractivity contribution >= 4 is 40.1 Å². The summed E-state index contributed by atoms with van der Waals surface area (Å²) in [5.74, 6) is -3.95. The molecule has 34 heavy (non-hydrogen) atoms. The number of rotatable bonds is 11. The summed E-state index contributed by atoms with van der Waals surface area (Å²) in [5.41, 5.74) is 0.0607. The number of carbonyl (C=O) groups excluding carboxylic acids is 2. The molecule has 0 saturated heterocycles. The molecule has 0 bridgehead atoms. The zero-order chi connectivity index (χ0) is 24.5. The van der Waals surface area contributed by atoms with E-state index in [-0.39, 0.29) is 11.3 Å². The van der Waals surface area contributed by atoms with Crippen molar-refractivity contribution < 1.29 is 23.1 Å². The average molecular weight is 490 g/mol. The Hall–Kier alpha value is -3.27. The van der Waals surface area contributed by atoms with Gasteiger partial charge in [0.15, 0.2) is 12.3 Å². The minimum Gasteiger partial charge on any atom is -0.451 e. The van der Waals surface area contributed by atoms with E-state index in [2.05, 4.69) is 17.3 Å². The number of fused-ring (bicyclic) bond motifs is 1. The van der Waals surface area contributed by atoms with Gasteiger partial charge < -0.3 is 10.1 Å². The standard InChI is InChI=1S/C24H25F2N3O4S/c1-2-3-4-7-14-29-22(31)19-9-6-5-8-18(19)21(28-29)23(32)33-15-20(30)27-16-10-12-17(13-11-16)34-24(25)26/h5-6,8-13,24H,2-4,7,14-15H2,1H3,(H,27,30). The van der Waals surface area contributed by atoms with Crippen LogP contribution in [0.2, 0.25) is 0 Å². The summed E-state index contributed by atoms with van der Waals surface area (Å²) in [6, 6.07) is 12.5. The van der Waals surface area contributed by atoms with Gasteiger partial charge in [0.25, 0.3) is 17.2 Å². The molecule has 0 spiro atoms. The molecule has 1 heterocycles. The summed E-state index contributed by atoms with van der Waals surface area (Å²) in [6.45, 7) is 1.90. The third-order valence-electron chi connectivity index (χ3n) is 4.98. The fourth-order valence-corrected chi connectivity index (χ4v) is 3.84. The molecule has 0 saturated carbocycles. The molecule has 1 amide bonds. The number of thioether (sulfide) groups is 1. The van der Waals surface area contributed by atoms with Gasteiger partial charge in [-0.15, -0.1) is 0 Å². The number of aromatic nitrogens is 2. The second-order valence-electron chi connectivity index (χ2n) is 7.51. The Labute approximate surface area is 199 Å². The number of aryl methyl sites for hydroxylation is 1. The zero-order valence-corrected chi connectivity index (χ0v) is 19.4. The fraction of sp³-hybridized carbons (Fsp3) is 0.333. The summed E-state index contributed by atoms with van der Waals surface area (Å²) in [4.78, 5) is 38.1. The van der Waals surface area contributed by atoms with Crippen molar-refractivity contribution in [3.05, 3.63) is 64.6 Å². The Balaban J connectivity index is 1.68. The van der Waals surface area contributed by atoms with E-state index in [0.717, 1.165) is 25.7 Å². The summed E-state index contributed by atoms with van der Waals surface area (Å²) in [5, 5.41) is 7.48. The number of amides is 1. The Kier molecular flexibility index (Phi) is 9.15. The van der Waals surface area contributed by atoms with Gasteiger partial charge in [-0.2, -0.15) is 13.9 Å². The van der Waals surface area contributed by atoms with Crippen LogP contribution in [0, 0.1) is 0 Å². The minimum atomic E-state index is -2.53. The number of ether oxygens (including phenoxy) is 1. The number of nitrogens with one attached hydrogen (secondary N) is 1. The topological polar surface area (TPSA) is 90.3 Å². The van der Waals surface area contributed by atoms with E-state index in [0.29, 0.717) is 39.7 Å². The number of unbranched alkanes of at least 4 members (excludes halogenated alkanes) is 3. The van der Waals surface area contributed by atoms with Crippen molar-refractivity contribution in [1.29, 1.82) is 0 Å². The van der Waals surface area contributed by atoms with Crippen LogP contribution in [-0.2, 0) is 16.1 Å². The molecule has 0 radical (unpaired) electrons. The summed E-state index contributed by atoms with van der Waals surface area (Å²) in [6.07, 6.45) is 3.79. The second kappa shape index (κ2) is 12.3. The van der Waals surface area contributed by atoms with Gasteiger partial charge in [0.2, 0.25) is 0 Å². The van der Waals surface area contributed by atoms with Crippen molar-refractivity contribution in [3.63, 3.8) is 0 Å². The van der Waals surface area contributed by atoms with Crippen molar-refractivity contribution in [2.75, 3.05) is 11.9 Å². The number of nitrogens with zero attached hydrogens (tertiary/aromatic N) is 2. The van der Waals surface area contributed by atoms with E-state index in [1.54, 1.807) is 24.3 Å². The van der Waals surface area contributed by atoms with Gasteiger partial charge in [-0.1, -0.05) is 56.1 Å². The Morgan fingerprint density at radius 2 is 1.76 bits per heavy atom. The molecule has 1 N–H and O–H groups in total. The van der Waals surface area contributed by atoms with E-state index in [1.807, 2.05) is 0 Å². The monoisotopic (exact) mass is 489 g/mol. The molecule has 3 rings (SSSR count). The van der Waals surface area contributed by atoms with Crippen LogP contribution in [0.1, 0.15) is 43.1 Å². The number of anilines is 1. The Morgan fingerprint density at radius 3 is 2.44 bits per heavy atom. The first kappa shape index (κ1) is 25.4. The van der Waals surface area contributed by atoms with Crippen LogP contribution >= 0.6 is 11.8 Å². The molecule has 0 aliphatic carbocycles. The van der Waals surface area contributed by atoms with Crippen molar-refractivity contribution in [2.45, 2.75) is 49.8 Å². The smallest absolute Gasteiger partial charge is 0.359 e. The van der Waals surface area contributed by atoms with Gasteiger partial charge >= 0.3 is 5.97 Å². The van der Waals surface area contributed by atoms with Crippen LogP contribution in [-0.4, -0.2) is 34.0 Å². The zero-order valence-electron chi connectivity index (χ0n) is 18.6. The number of carbonyl (C=O) groups is 2. The SMILES string of the molecule is CCCCCCn1nc(C(=O)OCC(=O)Nc2ccc(SC(F)F)cc2)c2ccccc2c1=O. The van der Waals surface area contributed by atoms with Crippen molar-refractivity contribution in [1.82, 2.24) is 9.78 Å². The Morgan fingerprint density at radius 1 is 1.06 bits per heavy atom. The van der Waals surface area contributed by atoms with Crippen LogP contribution < -0.4 is 10.9 Å². The first-order valence-electron chi connectivity index (χ1n) is 10.9. The maximum atomic E-state index is 12.8. The van der Waals surface area contributed by atoms with Crippen LogP contribution in [0.15, 0.2) is 58.2 Å².